The van der Waals surface area contributed by atoms with Crippen molar-refractivity contribution in [3.63, 3.8) is 0 Å². The summed E-state index contributed by atoms with van der Waals surface area (Å²) >= 11 is 1.29. The maximum absolute atomic E-state index is 12.0. The number of benzene rings is 1. The molecular formula is C18H20N4O3S. The number of imidazole rings is 1. The molecule has 1 aromatic carbocycles. The minimum Gasteiger partial charge on any atom is -0.476 e. The summed E-state index contributed by atoms with van der Waals surface area (Å²) in [6.45, 7) is 4.53. The highest BCUT2D eigenvalue weighted by Crippen LogP contribution is 2.19. The van der Waals surface area contributed by atoms with Crippen LogP contribution in [0.15, 0.2) is 17.5 Å². The van der Waals surface area contributed by atoms with Gasteiger partial charge >= 0.3 is 5.97 Å². The van der Waals surface area contributed by atoms with Crippen LogP contribution in [0.3, 0.4) is 0 Å². The molecule has 2 aromatic heterocycles. The van der Waals surface area contributed by atoms with Crippen molar-refractivity contribution in [2.45, 2.75) is 33.1 Å². The number of nitrogens with zero attached hydrogens (tertiary/aromatic N) is 2. The lowest BCUT2D eigenvalue weighted by Crippen LogP contribution is -2.26. The molecule has 8 heteroatoms. The van der Waals surface area contributed by atoms with Crippen LogP contribution in [0.4, 0.5) is 0 Å². The fraction of sp³-hybridized carbons (Fsp3) is 0.333. The molecule has 0 saturated heterocycles. The number of carbonyl (C=O) groups is 2. The molecule has 0 fully saturated rings. The summed E-state index contributed by atoms with van der Waals surface area (Å²) in [4.78, 5) is 34.6. The summed E-state index contributed by atoms with van der Waals surface area (Å²) < 4.78 is 0. The molecule has 136 valence electrons. The van der Waals surface area contributed by atoms with E-state index >= 15 is 0 Å². The predicted octanol–water partition coefficient (Wildman–Crippen LogP) is 2.63. The second kappa shape index (κ2) is 7.65. The van der Waals surface area contributed by atoms with E-state index in [9.17, 15) is 9.59 Å². The van der Waals surface area contributed by atoms with E-state index in [1.807, 2.05) is 13.0 Å². The Morgan fingerprint density at radius 1 is 1.23 bits per heavy atom. The van der Waals surface area contributed by atoms with Gasteiger partial charge in [-0.25, -0.2) is 14.8 Å². The third-order valence-corrected chi connectivity index (χ3v) is 5.16. The van der Waals surface area contributed by atoms with Gasteiger partial charge in [0.2, 0.25) is 5.91 Å². The molecule has 0 atom stereocenters. The van der Waals surface area contributed by atoms with Gasteiger partial charge in [0.25, 0.3) is 0 Å². The van der Waals surface area contributed by atoms with E-state index in [4.69, 9.17) is 5.11 Å². The van der Waals surface area contributed by atoms with E-state index in [0.29, 0.717) is 30.8 Å². The topological polar surface area (TPSA) is 108 Å². The first-order valence-corrected chi connectivity index (χ1v) is 9.21. The fourth-order valence-electron chi connectivity index (χ4n) is 2.64. The summed E-state index contributed by atoms with van der Waals surface area (Å²) in [7, 11) is 0. The maximum Gasteiger partial charge on any atom is 0.355 e. The first-order valence-electron chi connectivity index (χ1n) is 8.33. The molecular weight excluding hydrogens is 352 g/mol. The van der Waals surface area contributed by atoms with E-state index in [2.05, 4.69) is 33.3 Å². The van der Waals surface area contributed by atoms with Crippen molar-refractivity contribution >= 4 is 34.2 Å². The number of rotatable bonds is 7. The second-order valence-electron chi connectivity index (χ2n) is 6.12. The number of hydrogen-bond acceptors (Lipinski definition) is 5. The lowest BCUT2D eigenvalue weighted by Gasteiger charge is -2.02. The Bertz CT molecular complexity index is 961. The van der Waals surface area contributed by atoms with E-state index in [0.717, 1.165) is 22.4 Å². The Kier molecular flexibility index (Phi) is 5.32. The summed E-state index contributed by atoms with van der Waals surface area (Å²) in [6.07, 6.45) is 1.41. The summed E-state index contributed by atoms with van der Waals surface area (Å²) in [5.41, 5.74) is 4.34. The number of aromatic amines is 1. The van der Waals surface area contributed by atoms with Crippen LogP contribution in [0.25, 0.3) is 11.0 Å². The molecule has 0 aliphatic rings. The third-order valence-electron chi connectivity index (χ3n) is 4.25. The second-order valence-corrected chi connectivity index (χ2v) is 7.06. The largest absolute Gasteiger partial charge is 0.476 e. The van der Waals surface area contributed by atoms with Crippen molar-refractivity contribution in [1.29, 1.82) is 0 Å². The molecule has 3 rings (SSSR count). The van der Waals surface area contributed by atoms with Crippen LogP contribution < -0.4 is 5.32 Å². The SMILES string of the molecule is Cc1ccc2[nH]c(CCC(=O)NCCc3nc(C(=O)O)cs3)nc2c1C. The van der Waals surface area contributed by atoms with E-state index < -0.39 is 5.97 Å². The highest BCUT2D eigenvalue weighted by Gasteiger charge is 2.10. The van der Waals surface area contributed by atoms with Gasteiger partial charge in [0.15, 0.2) is 5.69 Å². The number of fused-ring (bicyclic) bond motifs is 1. The number of aryl methyl sites for hydroxylation is 3. The average Bonchev–Trinajstić information content (AvgIpc) is 3.24. The van der Waals surface area contributed by atoms with Gasteiger partial charge in [-0.15, -0.1) is 11.3 Å². The number of carboxylic acids is 1. The van der Waals surface area contributed by atoms with Crippen molar-refractivity contribution in [3.05, 3.63) is 45.2 Å². The smallest absolute Gasteiger partial charge is 0.355 e. The van der Waals surface area contributed by atoms with Gasteiger partial charge in [0, 0.05) is 31.2 Å². The quantitative estimate of drug-likeness (QED) is 0.591. The first-order chi connectivity index (χ1) is 12.4. The molecule has 0 saturated carbocycles. The molecule has 26 heavy (non-hydrogen) atoms. The third kappa shape index (κ3) is 4.08. The normalized spacial score (nSPS) is 11.0. The van der Waals surface area contributed by atoms with Crippen LogP contribution >= 0.6 is 11.3 Å². The van der Waals surface area contributed by atoms with Gasteiger partial charge in [-0.05, 0) is 31.0 Å². The van der Waals surface area contributed by atoms with Crippen molar-refractivity contribution in [2.24, 2.45) is 0 Å². The average molecular weight is 372 g/mol. The van der Waals surface area contributed by atoms with Crippen molar-refractivity contribution in [2.75, 3.05) is 6.54 Å². The van der Waals surface area contributed by atoms with Gasteiger partial charge < -0.3 is 15.4 Å². The zero-order chi connectivity index (χ0) is 18.7. The zero-order valence-electron chi connectivity index (χ0n) is 14.6. The number of amides is 1. The van der Waals surface area contributed by atoms with Gasteiger partial charge in [-0.3, -0.25) is 4.79 Å². The predicted molar refractivity (Wildman–Crippen MR) is 99.7 cm³/mol. The first kappa shape index (κ1) is 18.1. The zero-order valence-corrected chi connectivity index (χ0v) is 15.4. The highest BCUT2D eigenvalue weighted by atomic mass is 32.1. The minimum atomic E-state index is -1.03. The molecule has 7 nitrogen and oxygen atoms in total. The standard InChI is InChI=1S/C18H20N4O3S/c1-10-3-4-12-17(11(10)2)22-14(20-12)5-6-15(23)19-8-7-16-21-13(9-26-16)18(24)25/h3-4,9H,5-8H2,1-2H3,(H,19,23)(H,20,22)(H,24,25). The summed E-state index contributed by atoms with van der Waals surface area (Å²) in [5.74, 6) is -0.295. The Labute approximate surface area is 154 Å². The number of aromatic carboxylic acids is 1. The number of hydrogen-bond donors (Lipinski definition) is 3. The number of aromatic nitrogens is 3. The molecule has 3 N–H and O–H groups in total. The van der Waals surface area contributed by atoms with Gasteiger partial charge in [-0.1, -0.05) is 6.07 Å². The van der Waals surface area contributed by atoms with E-state index in [1.54, 1.807) is 0 Å². The molecule has 2 heterocycles. The maximum atomic E-state index is 12.0. The van der Waals surface area contributed by atoms with Crippen LogP contribution in [-0.4, -0.2) is 38.5 Å². The lowest BCUT2D eigenvalue weighted by atomic mass is 10.1. The molecule has 0 bridgehead atoms. The molecule has 0 aliphatic carbocycles. The van der Waals surface area contributed by atoms with Crippen LogP contribution in [0.1, 0.15) is 38.9 Å². The molecule has 0 radical (unpaired) electrons. The number of nitrogens with one attached hydrogen (secondary N) is 2. The summed E-state index contributed by atoms with van der Waals surface area (Å²) in [5, 5.41) is 13.9. The Hall–Kier alpha value is -2.74. The molecule has 0 unspecified atom stereocenters. The van der Waals surface area contributed by atoms with Gasteiger partial charge in [-0.2, -0.15) is 0 Å². The Balaban J connectivity index is 1.48. The lowest BCUT2D eigenvalue weighted by molar-refractivity contribution is -0.121. The molecule has 0 aliphatic heterocycles. The highest BCUT2D eigenvalue weighted by molar-refractivity contribution is 7.09. The number of carboxylic acid groups (broad SMARTS) is 1. The number of H-pyrrole nitrogens is 1. The van der Waals surface area contributed by atoms with E-state index in [-0.39, 0.29) is 11.6 Å². The molecule has 3 aromatic rings. The van der Waals surface area contributed by atoms with E-state index in [1.165, 1.54) is 22.3 Å². The van der Waals surface area contributed by atoms with Crippen LogP contribution in [-0.2, 0) is 17.6 Å². The number of thiazole rings is 1. The van der Waals surface area contributed by atoms with Crippen LogP contribution in [0, 0.1) is 13.8 Å². The molecule has 0 spiro atoms. The Morgan fingerprint density at radius 3 is 2.77 bits per heavy atom. The van der Waals surface area contributed by atoms with Gasteiger partial charge in [0.1, 0.15) is 5.82 Å². The molecule has 1 amide bonds. The van der Waals surface area contributed by atoms with Crippen LogP contribution in [0.2, 0.25) is 0 Å². The monoisotopic (exact) mass is 372 g/mol. The minimum absolute atomic E-state index is 0.0479. The summed E-state index contributed by atoms with van der Waals surface area (Å²) in [6, 6.07) is 4.06. The fourth-order valence-corrected chi connectivity index (χ4v) is 3.41. The van der Waals surface area contributed by atoms with Crippen molar-refractivity contribution < 1.29 is 14.7 Å². The van der Waals surface area contributed by atoms with Crippen molar-refractivity contribution in [3.8, 4) is 0 Å². The van der Waals surface area contributed by atoms with Crippen LogP contribution in [0.5, 0.6) is 0 Å². The number of carbonyl (C=O) groups excluding carboxylic acids is 1. The van der Waals surface area contributed by atoms with Crippen molar-refractivity contribution in [1.82, 2.24) is 20.3 Å². The Morgan fingerprint density at radius 2 is 2.04 bits per heavy atom. The van der Waals surface area contributed by atoms with Gasteiger partial charge in [0.05, 0.1) is 16.0 Å².